The zero-order chi connectivity index (χ0) is 22.3. The number of amides is 1. The number of aryl methyl sites for hydroxylation is 1. The van der Waals surface area contributed by atoms with Crippen LogP contribution in [0.1, 0.15) is 23.4 Å². The van der Waals surface area contributed by atoms with Crippen LogP contribution >= 0.6 is 0 Å². The van der Waals surface area contributed by atoms with Gasteiger partial charge in [-0.2, -0.15) is 4.68 Å². The van der Waals surface area contributed by atoms with Crippen LogP contribution in [0.2, 0.25) is 0 Å². The molecule has 3 aromatic rings. The number of carbonyl (C=O) groups is 1. The van der Waals surface area contributed by atoms with Gasteiger partial charge in [0.25, 0.3) is 5.91 Å². The average Bonchev–Trinajstić information content (AvgIpc) is 3.11. The number of benzene rings is 2. The lowest BCUT2D eigenvalue weighted by atomic mass is 10.1. The molecular weight excluding hydrogens is 404 g/mol. The van der Waals surface area contributed by atoms with Gasteiger partial charge in [-0.25, -0.2) is 0 Å². The van der Waals surface area contributed by atoms with Crippen LogP contribution < -0.4 is 4.74 Å². The topological polar surface area (TPSA) is 76.4 Å². The van der Waals surface area contributed by atoms with Crippen molar-refractivity contribution in [2.75, 3.05) is 33.3 Å². The molecule has 0 spiro atoms. The minimum atomic E-state index is -0.0789. The fourth-order valence-corrected chi connectivity index (χ4v) is 3.89. The summed E-state index contributed by atoms with van der Waals surface area (Å²) in [5.74, 6) is 1.21. The van der Waals surface area contributed by atoms with Crippen LogP contribution in [0.5, 0.6) is 5.75 Å². The number of tetrazole rings is 1. The molecule has 1 saturated heterocycles. The first-order valence-electron chi connectivity index (χ1n) is 10.8. The van der Waals surface area contributed by atoms with E-state index in [-0.39, 0.29) is 5.91 Å². The number of ether oxygens (including phenoxy) is 1. The van der Waals surface area contributed by atoms with Gasteiger partial charge < -0.3 is 9.64 Å². The van der Waals surface area contributed by atoms with Crippen LogP contribution in [-0.4, -0.2) is 69.2 Å². The maximum Gasteiger partial charge on any atom is 0.272 e. The third kappa shape index (κ3) is 5.20. The van der Waals surface area contributed by atoms with Crippen molar-refractivity contribution < 1.29 is 9.53 Å². The van der Waals surface area contributed by atoms with Crippen LogP contribution in [0, 0.1) is 6.92 Å². The SMILES string of the molecule is COc1cccc(/C=C(/C(=O)N2CCCN(Cc3ccccc3)CC2)n2nnnc2C)c1. The Hall–Kier alpha value is -3.52. The number of hydrogen-bond donors (Lipinski definition) is 0. The molecule has 0 radical (unpaired) electrons. The normalized spacial score (nSPS) is 15.4. The standard InChI is InChI=1S/C24H28N6O2/c1-19-25-26-27-30(19)23(17-21-10-6-11-22(16-21)32-2)24(31)29-13-7-12-28(14-15-29)18-20-8-4-3-5-9-20/h3-6,8-11,16-17H,7,12-15,18H2,1-2H3/b23-17-. The Morgan fingerprint density at radius 1 is 1.06 bits per heavy atom. The molecule has 8 heteroatoms. The van der Waals surface area contributed by atoms with Crippen molar-refractivity contribution >= 4 is 17.7 Å². The fraction of sp³-hybridized carbons (Fsp3) is 0.333. The molecule has 0 unspecified atom stereocenters. The highest BCUT2D eigenvalue weighted by atomic mass is 16.5. The van der Waals surface area contributed by atoms with E-state index in [0.29, 0.717) is 24.6 Å². The lowest BCUT2D eigenvalue weighted by molar-refractivity contribution is -0.125. The summed E-state index contributed by atoms with van der Waals surface area (Å²) in [7, 11) is 1.62. The molecule has 1 fully saturated rings. The van der Waals surface area contributed by atoms with Crippen LogP contribution in [-0.2, 0) is 11.3 Å². The maximum atomic E-state index is 13.6. The molecule has 1 amide bonds. The summed E-state index contributed by atoms with van der Waals surface area (Å²) in [6.45, 7) is 5.81. The molecular formula is C24H28N6O2. The molecule has 32 heavy (non-hydrogen) atoms. The van der Waals surface area contributed by atoms with Crippen molar-refractivity contribution in [3.63, 3.8) is 0 Å². The van der Waals surface area contributed by atoms with Gasteiger partial charge >= 0.3 is 0 Å². The zero-order valence-electron chi connectivity index (χ0n) is 18.5. The average molecular weight is 433 g/mol. The van der Waals surface area contributed by atoms with E-state index in [2.05, 4.69) is 44.7 Å². The van der Waals surface area contributed by atoms with Crippen molar-refractivity contribution in [3.05, 3.63) is 71.5 Å². The number of methoxy groups -OCH3 is 1. The number of aromatic nitrogens is 4. The van der Waals surface area contributed by atoms with E-state index >= 15 is 0 Å². The van der Waals surface area contributed by atoms with Gasteiger partial charge in [0.1, 0.15) is 11.4 Å². The molecule has 2 aromatic carbocycles. The van der Waals surface area contributed by atoms with Crippen molar-refractivity contribution in [2.45, 2.75) is 19.9 Å². The molecule has 2 heterocycles. The summed E-state index contributed by atoms with van der Waals surface area (Å²) < 4.78 is 6.84. The van der Waals surface area contributed by atoms with E-state index in [1.165, 1.54) is 10.2 Å². The molecule has 0 saturated carbocycles. The van der Waals surface area contributed by atoms with Crippen molar-refractivity contribution in [2.24, 2.45) is 0 Å². The Morgan fingerprint density at radius 3 is 2.66 bits per heavy atom. The summed E-state index contributed by atoms with van der Waals surface area (Å²) in [5, 5.41) is 11.8. The first kappa shape index (κ1) is 21.7. The van der Waals surface area contributed by atoms with Crippen LogP contribution in [0.15, 0.2) is 54.6 Å². The molecule has 8 nitrogen and oxygen atoms in total. The number of nitrogens with zero attached hydrogens (tertiary/aromatic N) is 6. The van der Waals surface area contributed by atoms with E-state index in [4.69, 9.17) is 4.74 Å². The largest absolute Gasteiger partial charge is 0.497 e. The molecule has 1 aliphatic rings. The lowest BCUT2D eigenvalue weighted by Gasteiger charge is -2.23. The number of hydrogen-bond acceptors (Lipinski definition) is 6. The van der Waals surface area contributed by atoms with Crippen LogP contribution in [0.4, 0.5) is 0 Å². The molecule has 166 valence electrons. The molecule has 1 aliphatic heterocycles. The predicted molar refractivity (Wildman–Crippen MR) is 123 cm³/mol. The highest BCUT2D eigenvalue weighted by Gasteiger charge is 2.25. The van der Waals surface area contributed by atoms with E-state index in [1.807, 2.05) is 41.3 Å². The van der Waals surface area contributed by atoms with E-state index < -0.39 is 0 Å². The van der Waals surface area contributed by atoms with Crippen LogP contribution in [0.3, 0.4) is 0 Å². The summed E-state index contributed by atoms with van der Waals surface area (Å²) in [5.41, 5.74) is 2.57. The van der Waals surface area contributed by atoms with Crippen molar-refractivity contribution in [3.8, 4) is 5.75 Å². The molecule has 4 rings (SSSR count). The molecule has 0 aliphatic carbocycles. The van der Waals surface area contributed by atoms with Gasteiger partial charge in [-0.3, -0.25) is 9.69 Å². The fourth-order valence-electron chi connectivity index (χ4n) is 3.89. The number of carbonyl (C=O) groups excluding carboxylic acids is 1. The second-order valence-corrected chi connectivity index (χ2v) is 7.85. The quantitative estimate of drug-likeness (QED) is 0.558. The highest BCUT2D eigenvalue weighted by molar-refractivity contribution is 6.18. The second-order valence-electron chi connectivity index (χ2n) is 7.85. The van der Waals surface area contributed by atoms with Gasteiger partial charge in [0, 0.05) is 32.7 Å². The van der Waals surface area contributed by atoms with Crippen LogP contribution in [0.25, 0.3) is 11.8 Å². The second kappa shape index (κ2) is 10.2. The third-order valence-corrected chi connectivity index (χ3v) is 5.59. The Kier molecular flexibility index (Phi) is 6.91. The molecule has 0 N–H and O–H groups in total. The van der Waals surface area contributed by atoms with Gasteiger partial charge in [0.15, 0.2) is 5.82 Å². The maximum absolute atomic E-state index is 13.6. The summed E-state index contributed by atoms with van der Waals surface area (Å²) in [6.07, 6.45) is 2.74. The molecule has 0 bridgehead atoms. The summed E-state index contributed by atoms with van der Waals surface area (Å²) in [6, 6.07) is 18.0. The first-order chi connectivity index (χ1) is 15.6. The molecule has 1 aromatic heterocycles. The van der Waals surface area contributed by atoms with Gasteiger partial charge in [0.2, 0.25) is 0 Å². The van der Waals surface area contributed by atoms with Gasteiger partial charge in [-0.1, -0.05) is 42.5 Å². The van der Waals surface area contributed by atoms with Gasteiger partial charge in [-0.15, -0.1) is 5.10 Å². The molecule has 0 atom stereocenters. The monoisotopic (exact) mass is 432 g/mol. The smallest absolute Gasteiger partial charge is 0.272 e. The van der Waals surface area contributed by atoms with E-state index in [0.717, 1.165) is 37.4 Å². The van der Waals surface area contributed by atoms with Gasteiger partial charge in [0.05, 0.1) is 7.11 Å². The summed E-state index contributed by atoms with van der Waals surface area (Å²) in [4.78, 5) is 17.9. The first-order valence-corrected chi connectivity index (χ1v) is 10.8. The van der Waals surface area contributed by atoms with Gasteiger partial charge in [-0.05, 0) is 53.1 Å². The Morgan fingerprint density at radius 2 is 1.91 bits per heavy atom. The van der Waals surface area contributed by atoms with Crippen molar-refractivity contribution in [1.82, 2.24) is 30.0 Å². The van der Waals surface area contributed by atoms with Crippen molar-refractivity contribution in [1.29, 1.82) is 0 Å². The minimum Gasteiger partial charge on any atom is -0.497 e. The Balaban J connectivity index is 1.54. The lowest BCUT2D eigenvalue weighted by Crippen LogP contribution is -2.37. The zero-order valence-corrected chi connectivity index (χ0v) is 18.5. The highest BCUT2D eigenvalue weighted by Crippen LogP contribution is 2.20. The Labute approximate surface area is 188 Å². The predicted octanol–water partition coefficient (Wildman–Crippen LogP) is 2.72. The summed E-state index contributed by atoms with van der Waals surface area (Å²) >= 11 is 0. The van der Waals surface area contributed by atoms with E-state index in [1.54, 1.807) is 14.0 Å². The minimum absolute atomic E-state index is 0.0789. The Bertz CT molecular complexity index is 1080. The number of rotatable bonds is 6. The van der Waals surface area contributed by atoms with E-state index in [9.17, 15) is 4.79 Å². The third-order valence-electron chi connectivity index (χ3n) is 5.59.